The Kier molecular flexibility index (Phi) is 16.8. The van der Waals surface area contributed by atoms with Crippen molar-refractivity contribution in [2.75, 3.05) is 13.2 Å². The van der Waals surface area contributed by atoms with Crippen LogP contribution in [0, 0.1) is 5.92 Å². The summed E-state index contributed by atoms with van der Waals surface area (Å²) in [4.78, 5) is 0. The molecule has 0 saturated carbocycles. The van der Waals surface area contributed by atoms with Gasteiger partial charge in [0.2, 0.25) is 0 Å². The molecule has 7 nitrogen and oxygen atoms in total. The van der Waals surface area contributed by atoms with Gasteiger partial charge in [-0.3, -0.25) is 0 Å². The summed E-state index contributed by atoms with van der Waals surface area (Å²) in [5.41, 5.74) is 0. The van der Waals surface area contributed by atoms with Crippen LogP contribution >= 0.6 is 0 Å². The van der Waals surface area contributed by atoms with E-state index in [0.29, 0.717) is 6.42 Å². The zero-order chi connectivity index (χ0) is 23.8. The lowest BCUT2D eigenvalue weighted by Gasteiger charge is -2.40. The molecule has 1 saturated heterocycles. The highest BCUT2D eigenvalue weighted by atomic mass is 16.7. The second-order valence-electron chi connectivity index (χ2n) is 9.61. The molecule has 192 valence electrons. The summed E-state index contributed by atoms with van der Waals surface area (Å²) in [7, 11) is 0. The highest BCUT2D eigenvalue weighted by molar-refractivity contribution is 4.89. The van der Waals surface area contributed by atoms with Crippen molar-refractivity contribution in [3.05, 3.63) is 0 Å². The molecule has 5 N–H and O–H groups in total. The van der Waals surface area contributed by atoms with Crippen molar-refractivity contribution in [1.82, 2.24) is 0 Å². The molecule has 0 bridgehead atoms. The lowest BCUT2D eigenvalue weighted by atomic mass is 9.98. The minimum Gasteiger partial charge on any atom is -0.394 e. The third-order valence-corrected chi connectivity index (χ3v) is 6.63. The van der Waals surface area contributed by atoms with Crippen molar-refractivity contribution >= 4 is 0 Å². The van der Waals surface area contributed by atoms with Gasteiger partial charge in [-0.1, -0.05) is 97.3 Å². The Bertz CT molecular complexity index is 435. The van der Waals surface area contributed by atoms with Gasteiger partial charge in [-0.2, -0.15) is 0 Å². The Morgan fingerprint density at radius 1 is 0.750 bits per heavy atom. The fraction of sp³-hybridized carbons (Fsp3) is 1.00. The number of ether oxygens (including phenoxy) is 2. The minimum atomic E-state index is -1.45. The van der Waals surface area contributed by atoms with Crippen molar-refractivity contribution in [2.24, 2.45) is 5.92 Å². The van der Waals surface area contributed by atoms with Gasteiger partial charge in [-0.15, -0.1) is 0 Å². The monoisotopic (exact) mass is 462 g/mol. The number of hydrogen-bond donors (Lipinski definition) is 5. The molecular weight excluding hydrogens is 412 g/mol. The van der Waals surface area contributed by atoms with Crippen LogP contribution in [0.15, 0.2) is 0 Å². The summed E-state index contributed by atoms with van der Waals surface area (Å²) in [6, 6.07) is 0. The average molecular weight is 463 g/mol. The molecule has 0 aromatic rings. The molecule has 7 atom stereocenters. The van der Waals surface area contributed by atoms with E-state index >= 15 is 0 Å². The normalized spacial score (nSPS) is 28.0. The van der Waals surface area contributed by atoms with Crippen LogP contribution in [-0.2, 0) is 9.47 Å². The predicted octanol–water partition coefficient (Wildman–Crippen LogP) is 3.28. The van der Waals surface area contributed by atoms with Gasteiger partial charge in [0.25, 0.3) is 0 Å². The second kappa shape index (κ2) is 18.1. The smallest absolute Gasteiger partial charge is 0.186 e. The molecule has 1 fully saturated rings. The van der Waals surface area contributed by atoms with E-state index in [1.165, 1.54) is 70.6 Å². The molecule has 0 radical (unpaired) electrons. The van der Waals surface area contributed by atoms with E-state index in [1.54, 1.807) is 0 Å². The molecule has 0 spiro atoms. The SMILES string of the molecule is CCCCCCCCCCCCCCC[C@@H](O)[C@@H](C)CO[C@H]1O[C@H](CO)[C@H](O)[C@H](O)[C@H]1O. The first kappa shape index (κ1) is 29.8. The Morgan fingerprint density at radius 3 is 1.75 bits per heavy atom. The van der Waals surface area contributed by atoms with Gasteiger partial charge in [0.15, 0.2) is 6.29 Å². The largest absolute Gasteiger partial charge is 0.394 e. The van der Waals surface area contributed by atoms with Crippen LogP contribution in [-0.4, -0.2) is 75.6 Å². The van der Waals surface area contributed by atoms with E-state index in [4.69, 9.17) is 9.47 Å². The van der Waals surface area contributed by atoms with Crippen LogP contribution in [0.3, 0.4) is 0 Å². The van der Waals surface area contributed by atoms with Crippen molar-refractivity contribution in [2.45, 2.75) is 141 Å². The van der Waals surface area contributed by atoms with E-state index < -0.39 is 43.4 Å². The quantitative estimate of drug-likeness (QED) is 0.187. The van der Waals surface area contributed by atoms with E-state index in [2.05, 4.69) is 6.92 Å². The number of unbranched alkanes of at least 4 members (excludes halogenated alkanes) is 12. The molecule has 7 heteroatoms. The third-order valence-electron chi connectivity index (χ3n) is 6.63. The van der Waals surface area contributed by atoms with Crippen molar-refractivity contribution in [3.8, 4) is 0 Å². The van der Waals surface area contributed by atoms with Crippen LogP contribution in [0.5, 0.6) is 0 Å². The Morgan fingerprint density at radius 2 is 1.25 bits per heavy atom. The lowest BCUT2D eigenvalue weighted by molar-refractivity contribution is -0.304. The number of rotatable bonds is 19. The molecule has 32 heavy (non-hydrogen) atoms. The molecule has 1 heterocycles. The van der Waals surface area contributed by atoms with Gasteiger partial charge in [-0.25, -0.2) is 0 Å². The van der Waals surface area contributed by atoms with Crippen molar-refractivity contribution in [1.29, 1.82) is 0 Å². The summed E-state index contributed by atoms with van der Waals surface area (Å²) >= 11 is 0. The van der Waals surface area contributed by atoms with Crippen LogP contribution in [0.4, 0.5) is 0 Å². The molecule has 1 rings (SSSR count). The van der Waals surface area contributed by atoms with Gasteiger partial charge in [0.05, 0.1) is 19.3 Å². The summed E-state index contributed by atoms with van der Waals surface area (Å²) in [5.74, 6) is -0.153. The Labute approximate surface area is 195 Å². The van der Waals surface area contributed by atoms with E-state index in [9.17, 15) is 25.5 Å². The van der Waals surface area contributed by atoms with Crippen LogP contribution in [0.1, 0.15) is 104 Å². The maximum atomic E-state index is 10.4. The fourth-order valence-electron chi connectivity index (χ4n) is 4.22. The minimum absolute atomic E-state index is 0.153. The van der Waals surface area contributed by atoms with Crippen LogP contribution in [0.25, 0.3) is 0 Å². The lowest BCUT2D eigenvalue weighted by Crippen LogP contribution is -2.59. The van der Waals surface area contributed by atoms with Gasteiger partial charge < -0.3 is 35.0 Å². The molecular formula is C25H50O7. The second-order valence-corrected chi connectivity index (χ2v) is 9.61. The average Bonchev–Trinajstić information content (AvgIpc) is 2.79. The highest BCUT2D eigenvalue weighted by Gasteiger charge is 2.44. The first-order valence-corrected chi connectivity index (χ1v) is 13.0. The fourth-order valence-corrected chi connectivity index (χ4v) is 4.22. The van der Waals surface area contributed by atoms with E-state index in [0.717, 1.165) is 12.8 Å². The van der Waals surface area contributed by atoms with Gasteiger partial charge >= 0.3 is 0 Å². The Hall–Kier alpha value is -0.280. The standard InChI is InChI=1S/C25H50O7/c1-3-4-5-6-7-8-9-10-11-12-13-14-15-16-20(27)19(2)18-31-25-24(30)23(29)22(28)21(17-26)32-25/h19-30H,3-18H2,1-2H3/t19-,20+,21+,22-,23-,24+,25-/m0/s1. The van der Waals surface area contributed by atoms with E-state index in [-0.39, 0.29) is 12.5 Å². The van der Waals surface area contributed by atoms with Gasteiger partial charge in [0, 0.05) is 5.92 Å². The maximum Gasteiger partial charge on any atom is 0.186 e. The van der Waals surface area contributed by atoms with E-state index in [1.807, 2.05) is 6.92 Å². The topological polar surface area (TPSA) is 120 Å². The predicted molar refractivity (Wildman–Crippen MR) is 125 cm³/mol. The first-order chi connectivity index (χ1) is 15.4. The maximum absolute atomic E-state index is 10.4. The zero-order valence-electron chi connectivity index (χ0n) is 20.4. The molecule has 0 aromatic carbocycles. The molecule has 0 unspecified atom stereocenters. The summed E-state index contributed by atoms with van der Waals surface area (Å²) < 4.78 is 10.9. The molecule has 1 aliphatic rings. The first-order valence-electron chi connectivity index (χ1n) is 13.0. The number of aliphatic hydroxyl groups is 5. The summed E-state index contributed by atoms with van der Waals surface area (Å²) in [6.45, 7) is 3.80. The molecule has 0 aromatic heterocycles. The number of aliphatic hydroxyl groups excluding tert-OH is 5. The third kappa shape index (κ3) is 11.7. The van der Waals surface area contributed by atoms with Gasteiger partial charge in [0.1, 0.15) is 24.4 Å². The molecule has 0 aliphatic carbocycles. The van der Waals surface area contributed by atoms with Crippen LogP contribution < -0.4 is 0 Å². The summed E-state index contributed by atoms with van der Waals surface area (Å²) in [5, 5.41) is 49.2. The van der Waals surface area contributed by atoms with Crippen molar-refractivity contribution < 1.29 is 35.0 Å². The van der Waals surface area contributed by atoms with Gasteiger partial charge in [-0.05, 0) is 6.42 Å². The zero-order valence-corrected chi connectivity index (χ0v) is 20.4. The van der Waals surface area contributed by atoms with Crippen molar-refractivity contribution in [3.63, 3.8) is 0 Å². The summed E-state index contributed by atoms with van der Waals surface area (Å²) in [6.07, 6.45) is 10.6. The molecule has 0 amide bonds. The highest BCUT2D eigenvalue weighted by Crippen LogP contribution is 2.23. The molecule has 1 aliphatic heterocycles. The Balaban J connectivity index is 2.03. The number of hydrogen-bond acceptors (Lipinski definition) is 7. The van der Waals surface area contributed by atoms with Crippen LogP contribution in [0.2, 0.25) is 0 Å².